The summed E-state index contributed by atoms with van der Waals surface area (Å²) in [5.41, 5.74) is -0.382. The van der Waals surface area contributed by atoms with Crippen LogP contribution in [0.25, 0.3) is 0 Å². The number of hydrogen-bond acceptors (Lipinski definition) is 5. The van der Waals surface area contributed by atoms with E-state index in [0.29, 0.717) is 5.56 Å². The number of alkyl carbamates (subject to hydrolysis) is 1. The van der Waals surface area contributed by atoms with Gasteiger partial charge in [-0.15, -0.1) is 0 Å². The normalized spacial score (nSPS) is 12.0. The van der Waals surface area contributed by atoms with E-state index in [1.807, 2.05) is 5.32 Å². The first-order chi connectivity index (χ1) is 10.5. The molecular weight excluding hydrogens is 310 g/mol. The second-order valence-electron chi connectivity index (χ2n) is 6.13. The highest BCUT2D eigenvalue weighted by molar-refractivity contribution is 5.67. The molecule has 4 N–H and O–H groups in total. The number of rotatable bonds is 6. The molecule has 0 saturated carbocycles. The van der Waals surface area contributed by atoms with Crippen molar-refractivity contribution in [3.05, 3.63) is 23.8 Å². The molecule has 0 aliphatic rings. The number of phenols is 2. The van der Waals surface area contributed by atoms with E-state index in [0.717, 1.165) is 6.07 Å². The lowest BCUT2D eigenvalue weighted by molar-refractivity contribution is -0.00379. The average molecular weight is 332 g/mol. The molecule has 1 aromatic carbocycles. The van der Waals surface area contributed by atoms with Gasteiger partial charge >= 0.3 is 6.09 Å². The van der Waals surface area contributed by atoms with E-state index in [1.165, 1.54) is 12.1 Å². The first-order valence-electron chi connectivity index (χ1n) is 7.05. The number of benzene rings is 1. The molecule has 1 aromatic rings. The fourth-order valence-corrected chi connectivity index (χ4v) is 1.66. The Labute approximate surface area is 133 Å². The van der Waals surface area contributed by atoms with Crippen molar-refractivity contribution in [2.45, 2.75) is 38.8 Å². The van der Waals surface area contributed by atoms with Gasteiger partial charge in [0, 0.05) is 18.2 Å². The van der Waals surface area contributed by atoms with Gasteiger partial charge in [-0.05, 0) is 26.8 Å². The summed E-state index contributed by atoms with van der Waals surface area (Å²) in [5, 5.41) is 23.2. The fraction of sp³-hybridized carbons (Fsp3) is 0.533. The standard InChI is InChI=1S/C15H22F2N2O4/c1-14(2,3)23-13(22)19-9-15(16,17)8-18-7-10-4-5-11(20)6-12(10)21/h4-6,18,20-21H,7-9H2,1-3H3,(H,19,22). The molecule has 8 heteroatoms. The number of carbonyl (C=O) groups excluding carboxylic acids is 1. The molecule has 0 spiro atoms. The monoisotopic (exact) mass is 332 g/mol. The summed E-state index contributed by atoms with van der Waals surface area (Å²) in [6.45, 7) is 3.34. The predicted octanol–water partition coefficient (Wildman–Crippen LogP) is 2.35. The number of aromatic hydroxyl groups is 2. The Morgan fingerprint density at radius 3 is 2.43 bits per heavy atom. The van der Waals surface area contributed by atoms with E-state index in [4.69, 9.17) is 9.84 Å². The van der Waals surface area contributed by atoms with Crippen LogP contribution in [0.5, 0.6) is 11.5 Å². The van der Waals surface area contributed by atoms with Crippen molar-refractivity contribution in [3.63, 3.8) is 0 Å². The molecule has 0 heterocycles. The van der Waals surface area contributed by atoms with E-state index in [1.54, 1.807) is 20.8 Å². The van der Waals surface area contributed by atoms with E-state index in [2.05, 4.69) is 5.32 Å². The largest absolute Gasteiger partial charge is 0.508 e. The van der Waals surface area contributed by atoms with Crippen LogP contribution in [0.3, 0.4) is 0 Å². The van der Waals surface area contributed by atoms with Crippen molar-refractivity contribution in [1.82, 2.24) is 10.6 Å². The predicted molar refractivity (Wildman–Crippen MR) is 80.7 cm³/mol. The molecular formula is C15H22F2N2O4. The van der Waals surface area contributed by atoms with Crippen LogP contribution in [0.15, 0.2) is 18.2 Å². The number of amides is 1. The van der Waals surface area contributed by atoms with Crippen molar-refractivity contribution in [3.8, 4) is 11.5 Å². The summed E-state index contributed by atoms with van der Waals surface area (Å²) in [5.74, 6) is -3.48. The summed E-state index contributed by atoms with van der Waals surface area (Å²) in [7, 11) is 0. The van der Waals surface area contributed by atoms with E-state index < -0.39 is 30.7 Å². The lowest BCUT2D eigenvalue weighted by Gasteiger charge is -2.22. The second kappa shape index (κ2) is 7.45. The van der Waals surface area contributed by atoms with Crippen molar-refractivity contribution in [1.29, 1.82) is 0 Å². The number of hydrogen-bond donors (Lipinski definition) is 4. The molecule has 6 nitrogen and oxygen atoms in total. The molecule has 0 bridgehead atoms. The SMILES string of the molecule is CC(C)(C)OC(=O)NCC(F)(F)CNCc1ccc(O)cc1O. The number of nitrogens with one attached hydrogen (secondary N) is 2. The molecule has 23 heavy (non-hydrogen) atoms. The number of ether oxygens (including phenoxy) is 1. The minimum Gasteiger partial charge on any atom is -0.508 e. The smallest absolute Gasteiger partial charge is 0.407 e. The summed E-state index contributed by atoms with van der Waals surface area (Å²) >= 11 is 0. The molecule has 0 atom stereocenters. The van der Waals surface area contributed by atoms with Crippen LogP contribution < -0.4 is 10.6 Å². The first-order valence-corrected chi connectivity index (χ1v) is 7.05. The van der Waals surface area contributed by atoms with Gasteiger partial charge in [0.25, 0.3) is 5.92 Å². The lowest BCUT2D eigenvalue weighted by Crippen LogP contribution is -2.44. The Bertz CT molecular complexity index is 545. The highest BCUT2D eigenvalue weighted by Crippen LogP contribution is 2.22. The van der Waals surface area contributed by atoms with Gasteiger partial charge in [-0.1, -0.05) is 6.07 Å². The first kappa shape index (κ1) is 19.0. The highest BCUT2D eigenvalue weighted by Gasteiger charge is 2.30. The molecule has 0 unspecified atom stereocenters. The Kier molecular flexibility index (Phi) is 6.14. The molecule has 0 radical (unpaired) electrons. The zero-order chi connectivity index (χ0) is 17.7. The van der Waals surface area contributed by atoms with Crippen LogP contribution in [0.1, 0.15) is 26.3 Å². The minimum absolute atomic E-state index is 0.00581. The van der Waals surface area contributed by atoms with Crippen molar-refractivity contribution in [2.75, 3.05) is 13.1 Å². The Hall–Kier alpha value is -2.09. The summed E-state index contributed by atoms with van der Waals surface area (Å²) < 4.78 is 32.2. The third-order valence-corrected chi connectivity index (χ3v) is 2.66. The highest BCUT2D eigenvalue weighted by atomic mass is 19.3. The van der Waals surface area contributed by atoms with Gasteiger partial charge in [0.1, 0.15) is 17.1 Å². The number of halogens is 2. The third kappa shape index (κ3) is 7.64. The van der Waals surface area contributed by atoms with Crippen LogP contribution in [-0.2, 0) is 11.3 Å². The van der Waals surface area contributed by atoms with Gasteiger partial charge in [0.15, 0.2) is 0 Å². The molecule has 0 aliphatic heterocycles. The maximum absolute atomic E-state index is 13.6. The molecule has 0 fully saturated rings. The van der Waals surface area contributed by atoms with Gasteiger partial charge in [0.2, 0.25) is 0 Å². The maximum Gasteiger partial charge on any atom is 0.407 e. The zero-order valence-corrected chi connectivity index (χ0v) is 13.3. The van der Waals surface area contributed by atoms with E-state index in [-0.39, 0.29) is 18.0 Å². The van der Waals surface area contributed by atoms with Crippen LogP contribution >= 0.6 is 0 Å². The van der Waals surface area contributed by atoms with Crippen molar-refractivity contribution < 1.29 is 28.5 Å². The van der Waals surface area contributed by atoms with Crippen molar-refractivity contribution >= 4 is 6.09 Å². The number of carbonyl (C=O) groups is 1. The summed E-state index contributed by atoms with van der Waals surface area (Å²) in [4.78, 5) is 11.3. The van der Waals surface area contributed by atoms with Gasteiger partial charge in [-0.2, -0.15) is 0 Å². The third-order valence-electron chi connectivity index (χ3n) is 2.66. The van der Waals surface area contributed by atoms with Crippen LogP contribution in [0.4, 0.5) is 13.6 Å². The van der Waals surface area contributed by atoms with Gasteiger partial charge < -0.3 is 25.6 Å². The fourth-order valence-electron chi connectivity index (χ4n) is 1.66. The topological polar surface area (TPSA) is 90.8 Å². The number of alkyl halides is 2. The average Bonchev–Trinajstić information content (AvgIpc) is 2.37. The molecule has 1 rings (SSSR count). The van der Waals surface area contributed by atoms with E-state index >= 15 is 0 Å². The lowest BCUT2D eigenvalue weighted by atomic mass is 10.2. The minimum atomic E-state index is -3.18. The quantitative estimate of drug-likeness (QED) is 0.642. The summed E-state index contributed by atoms with van der Waals surface area (Å²) in [6, 6.07) is 3.90. The van der Waals surface area contributed by atoms with Gasteiger partial charge in [0.05, 0.1) is 13.1 Å². The van der Waals surface area contributed by atoms with Gasteiger partial charge in [-0.3, -0.25) is 0 Å². The Balaban J connectivity index is 2.39. The van der Waals surface area contributed by atoms with Gasteiger partial charge in [-0.25, -0.2) is 13.6 Å². The van der Waals surface area contributed by atoms with Crippen molar-refractivity contribution in [2.24, 2.45) is 0 Å². The molecule has 130 valence electrons. The molecule has 0 aromatic heterocycles. The maximum atomic E-state index is 13.6. The summed E-state index contributed by atoms with van der Waals surface area (Å²) in [6.07, 6.45) is -0.909. The van der Waals surface area contributed by atoms with Crippen LogP contribution in [0, 0.1) is 0 Å². The Morgan fingerprint density at radius 2 is 1.87 bits per heavy atom. The van der Waals surface area contributed by atoms with E-state index in [9.17, 15) is 18.7 Å². The van der Waals surface area contributed by atoms with Crippen LogP contribution in [-0.4, -0.2) is 40.9 Å². The molecule has 0 aliphatic carbocycles. The zero-order valence-electron chi connectivity index (χ0n) is 13.3. The Morgan fingerprint density at radius 1 is 1.22 bits per heavy atom. The molecule has 0 saturated heterocycles. The van der Waals surface area contributed by atoms with Crippen LogP contribution in [0.2, 0.25) is 0 Å². The molecule has 1 amide bonds. The number of phenolic OH excluding ortho intramolecular Hbond substituents is 2. The second-order valence-corrected chi connectivity index (χ2v) is 6.13.